The summed E-state index contributed by atoms with van der Waals surface area (Å²) in [6, 6.07) is 0. The Bertz CT molecular complexity index is 178. The predicted octanol–water partition coefficient (Wildman–Crippen LogP) is 3.39. The van der Waals surface area contributed by atoms with Gasteiger partial charge in [-0.15, -0.1) is 0 Å². The molecule has 0 aliphatic heterocycles. The fourth-order valence-corrected chi connectivity index (χ4v) is 2.05. The third kappa shape index (κ3) is 8.78. The molecule has 0 spiro atoms. The minimum Gasteiger partial charge on any atom is -0.403 e. The minimum atomic E-state index is 0.811. The second-order valence-electron chi connectivity index (χ2n) is 4.92. The fraction of sp³-hybridized carbons (Fsp3) is 0.857. The van der Waals surface area contributed by atoms with Crippen molar-refractivity contribution in [2.24, 2.45) is 11.7 Å². The van der Waals surface area contributed by atoms with Crippen LogP contribution in [0.15, 0.2) is 12.3 Å². The van der Waals surface area contributed by atoms with Gasteiger partial charge in [-0.1, -0.05) is 39.7 Å². The van der Waals surface area contributed by atoms with Gasteiger partial charge in [0.25, 0.3) is 0 Å². The fourth-order valence-electron chi connectivity index (χ4n) is 2.05. The van der Waals surface area contributed by atoms with Gasteiger partial charge in [-0.3, -0.25) is 0 Å². The highest BCUT2D eigenvalue weighted by atomic mass is 15.1. The summed E-state index contributed by atoms with van der Waals surface area (Å²) in [6.07, 6.45) is 7.44. The standard InChI is InChI=1S/C14H30N2/c1-5-8-14(6-2)10-12-16(4)11-7-9-13(3)15/h14H,3,5-12,15H2,1-2,4H3. The molecule has 0 rings (SSSR count). The quantitative estimate of drug-likeness (QED) is 0.619. The highest BCUT2D eigenvalue weighted by Crippen LogP contribution is 2.15. The summed E-state index contributed by atoms with van der Waals surface area (Å²) in [6.45, 7) is 10.7. The first kappa shape index (κ1) is 15.5. The Labute approximate surface area is 102 Å². The molecule has 0 aliphatic rings. The van der Waals surface area contributed by atoms with Crippen molar-refractivity contribution in [1.82, 2.24) is 4.90 Å². The normalized spacial score (nSPS) is 13.0. The highest BCUT2D eigenvalue weighted by molar-refractivity contribution is 4.85. The van der Waals surface area contributed by atoms with E-state index in [9.17, 15) is 0 Å². The largest absolute Gasteiger partial charge is 0.403 e. The van der Waals surface area contributed by atoms with Gasteiger partial charge in [0.1, 0.15) is 0 Å². The van der Waals surface area contributed by atoms with Gasteiger partial charge in [-0.05, 0) is 45.3 Å². The summed E-state index contributed by atoms with van der Waals surface area (Å²) in [5.74, 6) is 0.914. The van der Waals surface area contributed by atoms with Crippen molar-refractivity contribution in [2.45, 2.75) is 52.4 Å². The summed E-state index contributed by atoms with van der Waals surface area (Å²) in [7, 11) is 2.21. The molecule has 0 aromatic carbocycles. The first-order chi connectivity index (χ1) is 7.60. The van der Waals surface area contributed by atoms with Crippen LogP contribution in [0.4, 0.5) is 0 Å². The summed E-state index contributed by atoms with van der Waals surface area (Å²) in [5, 5.41) is 0. The van der Waals surface area contributed by atoms with Crippen molar-refractivity contribution < 1.29 is 0 Å². The lowest BCUT2D eigenvalue weighted by Gasteiger charge is -2.20. The van der Waals surface area contributed by atoms with Crippen LogP contribution in [-0.4, -0.2) is 25.0 Å². The topological polar surface area (TPSA) is 29.3 Å². The van der Waals surface area contributed by atoms with Crippen LogP contribution in [0.2, 0.25) is 0 Å². The van der Waals surface area contributed by atoms with E-state index in [1.807, 2.05) is 0 Å². The molecule has 0 fully saturated rings. The van der Waals surface area contributed by atoms with Gasteiger partial charge in [0.2, 0.25) is 0 Å². The number of rotatable bonds is 10. The number of allylic oxidation sites excluding steroid dienone is 1. The summed E-state index contributed by atoms with van der Waals surface area (Å²) < 4.78 is 0. The molecule has 0 radical (unpaired) electrons. The van der Waals surface area contributed by atoms with Gasteiger partial charge >= 0.3 is 0 Å². The zero-order valence-electron chi connectivity index (χ0n) is 11.5. The van der Waals surface area contributed by atoms with Gasteiger partial charge in [0.05, 0.1) is 0 Å². The van der Waals surface area contributed by atoms with E-state index in [1.165, 1.54) is 32.2 Å². The van der Waals surface area contributed by atoms with E-state index in [0.717, 1.165) is 31.0 Å². The summed E-state index contributed by atoms with van der Waals surface area (Å²) >= 11 is 0. The Hall–Kier alpha value is -0.500. The van der Waals surface area contributed by atoms with Crippen LogP contribution in [0.3, 0.4) is 0 Å². The molecule has 2 heteroatoms. The van der Waals surface area contributed by atoms with Crippen molar-refractivity contribution in [3.8, 4) is 0 Å². The van der Waals surface area contributed by atoms with Crippen LogP contribution >= 0.6 is 0 Å². The van der Waals surface area contributed by atoms with Crippen LogP contribution in [0, 0.1) is 5.92 Å². The second kappa shape index (κ2) is 9.71. The van der Waals surface area contributed by atoms with Crippen LogP contribution in [0.1, 0.15) is 52.4 Å². The zero-order valence-corrected chi connectivity index (χ0v) is 11.5. The van der Waals surface area contributed by atoms with Crippen molar-refractivity contribution in [3.05, 3.63) is 12.3 Å². The molecule has 0 bridgehead atoms. The number of nitrogens with zero attached hydrogens (tertiary/aromatic N) is 1. The van der Waals surface area contributed by atoms with Gasteiger partial charge < -0.3 is 10.6 Å². The Morgan fingerprint density at radius 2 is 1.94 bits per heavy atom. The first-order valence-corrected chi connectivity index (χ1v) is 6.71. The molecule has 0 aromatic heterocycles. The molecule has 16 heavy (non-hydrogen) atoms. The van der Waals surface area contributed by atoms with Crippen LogP contribution in [0.5, 0.6) is 0 Å². The average Bonchev–Trinajstić information content (AvgIpc) is 2.23. The van der Waals surface area contributed by atoms with E-state index in [4.69, 9.17) is 5.73 Å². The lowest BCUT2D eigenvalue weighted by molar-refractivity contribution is 0.286. The Kier molecular flexibility index (Phi) is 9.40. The first-order valence-electron chi connectivity index (χ1n) is 6.71. The Morgan fingerprint density at radius 3 is 2.44 bits per heavy atom. The van der Waals surface area contributed by atoms with E-state index < -0.39 is 0 Å². The molecule has 0 heterocycles. The second-order valence-corrected chi connectivity index (χ2v) is 4.92. The molecule has 0 aromatic rings. The minimum absolute atomic E-state index is 0.811. The molecule has 0 saturated carbocycles. The number of hydrogen-bond acceptors (Lipinski definition) is 2. The Morgan fingerprint density at radius 1 is 1.25 bits per heavy atom. The van der Waals surface area contributed by atoms with Crippen molar-refractivity contribution >= 4 is 0 Å². The maximum Gasteiger partial charge on any atom is 0.000792 e. The molecule has 96 valence electrons. The van der Waals surface area contributed by atoms with E-state index in [-0.39, 0.29) is 0 Å². The smallest absolute Gasteiger partial charge is 0.000792 e. The Balaban J connectivity index is 3.54. The maximum atomic E-state index is 5.55. The molecular weight excluding hydrogens is 196 g/mol. The molecule has 0 amide bonds. The van der Waals surface area contributed by atoms with E-state index >= 15 is 0 Å². The predicted molar refractivity (Wildman–Crippen MR) is 73.4 cm³/mol. The average molecular weight is 226 g/mol. The van der Waals surface area contributed by atoms with Crippen molar-refractivity contribution in [3.63, 3.8) is 0 Å². The molecule has 2 nitrogen and oxygen atoms in total. The molecule has 2 N–H and O–H groups in total. The van der Waals surface area contributed by atoms with Gasteiger partial charge in [-0.25, -0.2) is 0 Å². The number of hydrogen-bond donors (Lipinski definition) is 1. The molecule has 1 atom stereocenters. The zero-order chi connectivity index (χ0) is 12.4. The molecule has 1 unspecified atom stereocenters. The highest BCUT2D eigenvalue weighted by Gasteiger charge is 2.06. The van der Waals surface area contributed by atoms with Crippen LogP contribution in [0.25, 0.3) is 0 Å². The molecule has 0 saturated heterocycles. The summed E-state index contributed by atoms with van der Waals surface area (Å²) in [4.78, 5) is 2.42. The van der Waals surface area contributed by atoms with Crippen molar-refractivity contribution in [1.29, 1.82) is 0 Å². The summed E-state index contributed by atoms with van der Waals surface area (Å²) in [5.41, 5.74) is 6.36. The van der Waals surface area contributed by atoms with E-state index in [1.54, 1.807) is 0 Å². The monoisotopic (exact) mass is 226 g/mol. The van der Waals surface area contributed by atoms with Gasteiger partial charge in [-0.2, -0.15) is 0 Å². The maximum absolute atomic E-state index is 5.55. The lowest BCUT2D eigenvalue weighted by Crippen LogP contribution is -2.23. The van der Waals surface area contributed by atoms with Crippen LogP contribution < -0.4 is 5.73 Å². The third-order valence-corrected chi connectivity index (χ3v) is 3.23. The van der Waals surface area contributed by atoms with Gasteiger partial charge in [0.15, 0.2) is 0 Å². The van der Waals surface area contributed by atoms with Crippen LogP contribution in [-0.2, 0) is 0 Å². The SMILES string of the molecule is C=C(N)CCCN(C)CCC(CC)CCC. The molecule has 0 aliphatic carbocycles. The van der Waals surface area contributed by atoms with E-state index in [0.29, 0.717) is 0 Å². The van der Waals surface area contributed by atoms with Gasteiger partial charge in [0, 0.05) is 5.70 Å². The number of nitrogens with two attached hydrogens (primary N) is 1. The molecular formula is C14H30N2. The van der Waals surface area contributed by atoms with Crippen molar-refractivity contribution in [2.75, 3.05) is 20.1 Å². The third-order valence-electron chi connectivity index (χ3n) is 3.23. The lowest BCUT2D eigenvalue weighted by atomic mass is 9.97. The van der Waals surface area contributed by atoms with E-state index in [2.05, 4.69) is 32.4 Å².